The number of nitriles is 1. The molecule has 0 aromatic carbocycles. The molecule has 0 spiro atoms. The fraction of sp³-hybridized carbons (Fsp3) is 0. The van der Waals surface area contributed by atoms with Gasteiger partial charge >= 0.3 is 79.6 Å². The average Bonchev–Trinajstić information content (AvgIpc) is 0.918. The molecule has 0 heterocycles. The molecule has 1 nitrogen and oxygen atoms in total. The van der Waals surface area contributed by atoms with E-state index in [0.717, 1.165) is 0 Å². The van der Waals surface area contributed by atoms with Crippen LogP contribution in [0, 0.1) is 9.93 Å². The number of rotatable bonds is 0. The molecule has 4 heavy (non-hydrogen) atoms. The molecule has 0 saturated heterocycles. The van der Waals surface area contributed by atoms with E-state index in [2.05, 4.69) is 0 Å². The van der Waals surface area contributed by atoms with Gasteiger partial charge in [-0.2, -0.15) is 0 Å². The molecule has 0 saturated carbocycles. The monoisotopic (exact) mass is 168 g/mol. The molecule has 0 aromatic rings. The summed E-state index contributed by atoms with van der Waals surface area (Å²) in [5.41, 5.74) is 0. The van der Waals surface area contributed by atoms with Crippen molar-refractivity contribution in [2.45, 2.75) is 0 Å². The minimum atomic E-state index is 0. The third-order valence-electron chi connectivity index (χ3n) is 0. The fourth-order valence-corrected chi connectivity index (χ4v) is 0. The van der Waals surface area contributed by atoms with Crippen LogP contribution in [-0.4, -0.2) is 51.4 Å². The molecule has 0 rings (SSSR count). The van der Waals surface area contributed by atoms with Crippen molar-refractivity contribution in [1.82, 2.24) is 0 Å². The standard InChI is InChI=1S/CN.K.Ru.H/c1-2;;;. The Morgan fingerprint density at radius 2 is 1.75 bits per heavy atom. The molecule has 0 bridgehead atoms. The Morgan fingerprint density at radius 1 is 1.75 bits per heavy atom. The first kappa shape index (κ1) is 9.23. The van der Waals surface area contributed by atoms with Gasteiger partial charge < -0.3 is 0 Å². The van der Waals surface area contributed by atoms with Crippen LogP contribution in [0.3, 0.4) is 0 Å². The van der Waals surface area contributed by atoms with Crippen molar-refractivity contribution in [2.75, 3.05) is 0 Å². The molecule has 0 aliphatic carbocycles. The van der Waals surface area contributed by atoms with E-state index in [1.807, 2.05) is 18.3 Å². The first-order valence-electron chi connectivity index (χ1n) is 0.400. The summed E-state index contributed by atoms with van der Waals surface area (Å²) in [5, 5.41) is 7.29. The second-order valence-electron chi connectivity index (χ2n) is 0.0791. The van der Waals surface area contributed by atoms with Crippen LogP contribution in [0.25, 0.3) is 0 Å². The number of hydrogen-bond acceptors (Lipinski definition) is 1. The quantitative estimate of drug-likeness (QED) is 0.440. The fourth-order valence-electron chi connectivity index (χ4n) is 0. The zero-order valence-electron chi connectivity index (χ0n) is 1.30. The SMILES string of the molecule is N#[C][Ru].[KH]. The molecule has 0 fully saturated rings. The van der Waals surface area contributed by atoms with Crippen LogP contribution in [0.2, 0.25) is 0 Å². The maximum absolute atomic E-state index is 7.29. The minimum absolute atomic E-state index is 0. The van der Waals surface area contributed by atoms with E-state index in [1.165, 1.54) is 0 Å². The molecule has 3 heteroatoms. The third-order valence-corrected chi connectivity index (χ3v) is 0. The van der Waals surface area contributed by atoms with Crippen LogP contribution in [-0.2, 0) is 18.3 Å². The molecule has 0 N–H and O–H groups in total. The van der Waals surface area contributed by atoms with Gasteiger partial charge in [0.2, 0.25) is 0 Å². The summed E-state index contributed by atoms with van der Waals surface area (Å²) in [6.07, 6.45) is 0. The van der Waals surface area contributed by atoms with Crippen molar-refractivity contribution >= 4 is 51.4 Å². The summed E-state index contributed by atoms with van der Waals surface area (Å²) in [4.78, 5) is 0. The van der Waals surface area contributed by atoms with Crippen molar-refractivity contribution in [3.8, 4) is 4.66 Å². The van der Waals surface area contributed by atoms with E-state index in [0.29, 0.717) is 0 Å². The average molecular weight is 167 g/mol. The molecule has 19 valence electrons. The van der Waals surface area contributed by atoms with Gasteiger partial charge in [-0.05, 0) is 0 Å². The van der Waals surface area contributed by atoms with E-state index in [9.17, 15) is 0 Å². The molecule has 0 amide bonds. The van der Waals surface area contributed by atoms with Crippen LogP contribution in [0.5, 0.6) is 0 Å². The number of hydrogen-bond donors (Lipinski definition) is 0. The Labute approximate surface area is 77.9 Å². The molecule has 0 aromatic heterocycles. The van der Waals surface area contributed by atoms with Crippen molar-refractivity contribution in [3.05, 3.63) is 0 Å². The Morgan fingerprint density at radius 3 is 1.75 bits per heavy atom. The van der Waals surface area contributed by atoms with E-state index >= 15 is 0 Å². The van der Waals surface area contributed by atoms with E-state index < -0.39 is 0 Å². The van der Waals surface area contributed by atoms with E-state index in [4.69, 9.17) is 5.26 Å². The zero-order chi connectivity index (χ0) is 2.71. The van der Waals surface area contributed by atoms with Crippen LogP contribution in [0.1, 0.15) is 0 Å². The summed E-state index contributed by atoms with van der Waals surface area (Å²) < 4.78 is 1.68. The van der Waals surface area contributed by atoms with Crippen LogP contribution < -0.4 is 0 Å². The maximum atomic E-state index is 7.29. The van der Waals surface area contributed by atoms with Gasteiger partial charge in [0.05, 0.1) is 0 Å². The summed E-state index contributed by atoms with van der Waals surface area (Å²) in [6.45, 7) is 0. The van der Waals surface area contributed by atoms with Gasteiger partial charge in [-0.15, -0.1) is 0 Å². The summed E-state index contributed by atoms with van der Waals surface area (Å²) in [5.74, 6) is 0. The van der Waals surface area contributed by atoms with Gasteiger partial charge in [0.15, 0.2) is 0 Å². The van der Waals surface area contributed by atoms with Crippen LogP contribution in [0.4, 0.5) is 0 Å². The van der Waals surface area contributed by atoms with E-state index in [-0.39, 0.29) is 51.4 Å². The molecule has 0 radical (unpaired) electrons. The molecule has 0 atom stereocenters. The predicted octanol–water partition coefficient (Wildman–Crippen LogP) is -0.634. The van der Waals surface area contributed by atoms with Gasteiger partial charge in [0.1, 0.15) is 0 Å². The zero-order valence-corrected chi connectivity index (χ0v) is 3.04. The second kappa shape index (κ2) is 8.83. The Kier molecular flexibility index (Phi) is 20.4. The Hall–Kier alpha value is 1.75. The van der Waals surface area contributed by atoms with Crippen molar-refractivity contribution in [1.29, 1.82) is 5.26 Å². The summed E-state index contributed by atoms with van der Waals surface area (Å²) in [7, 11) is 0. The van der Waals surface area contributed by atoms with Gasteiger partial charge in [0.25, 0.3) is 0 Å². The van der Waals surface area contributed by atoms with Crippen LogP contribution >= 0.6 is 0 Å². The molecule has 0 aliphatic heterocycles. The van der Waals surface area contributed by atoms with Crippen molar-refractivity contribution in [2.24, 2.45) is 0 Å². The van der Waals surface area contributed by atoms with Crippen molar-refractivity contribution < 1.29 is 18.3 Å². The first-order chi connectivity index (χ1) is 1.41. The Balaban J connectivity index is 0. The summed E-state index contributed by atoms with van der Waals surface area (Å²) in [6, 6.07) is 0. The second-order valence-corrected chi connectivity index (χ2v) is 0.468. The molecular weight excluding hydrogens is 166 g/mol. The van der Waals surface area contributed by atoms with Gasteiger partial charge in [-0.3, -0.25) is 0 Å². The topological polar surface area (TPSA) is 23.8 Å². The molecular formula is CHKNRu. The normalized spacial score (nSPS) is 2.00. The van der Waals surface area contributed by atoms with Crippen molar-refractivity contribution in [3.63, 3.8) is 0 Å². The number of nitrogens with zero attached hydrogens (tertiary/aromatic N) is 1. The van der Waals surface area contributed by atoms with E-state index in [1.54, 1.807) is 4.66 Å². The predicted molar refractivity (Wildman–Crippen MR) is 12.8 cm³/mol. The van der Waals surface area contributed by atoms with Gasteiger partial charge in [-0.1, -0.05) is 0 Å². The Bertz CT molecular complexity index is 29.5. The third kappa shape index (κ3) is 9.26. The first-order valence-corrected chi connectivity index (χ1v) is 1.27. The van der Waals surface area contributed by atoms with Crippen LogP contribution in [0.15, 0.2) is 0 Å². The molecule has 0 unspecified atom stereocenters. The molecule has 0 aliphatic rings. The van der Waals surface area contributed by atoms with Gasteiger partial charge in [-0.25, -0.2) is 0 Å². The summed E-state index contributed by atoms with van der Waals surface area (Å²) >= 11 is 1.81. The van der Waals surface area contributed by atoms with Gasteiger partial charge in [0, 0.05) is 0 Å².